The normalized spacial score (nSPS) is 12.1. The van der Waals surface area contributed by atoms with Gasteiger partial charge in [0.15, 0.2) is 5.78 Å². The van der Waals surface area contributed by atoms with Gasteiger partial charge in [0, 0.05) is 33.4 Å². The largest absolute Gasteiger partial charge is 0.461 e. The van der Waals surface area contributed by atoms with E-state index in [1.165, 1.54) is 4.90 Å². The van der Waals surface area contributed by atoms with Gasteiger partial charge in [-0.2, -0.15) is 0 Å². The number of anilines is 1. The number of aromatic amines is 1. The van der Waals surface area contributed by atoms with Crippen LogP contribution >= 0.6 is 27.5 Å². The predicted octanol–water partition coefficient (Wildman–Crippen LogP) is 4.70. The van der Waals surface area contributed by atoms with Crippen molar-refractivity contribution in [3.8, 4) is 0 Å². The third kappa shape index (κ3) is 7.18. The number of nitrogens with zero attached hydrogens (tertiary/aromatic N) is 1. The molecule has 2 N–H and O–H groups in total. The van der Waals surface area contributed by atoms with E-state index in [4.69, 9.17) is 16.3 Å². The molecule has 1 aromatic carbocycles. The molecule has 0 aliphatic carbocycles. The van der Waals surface area contributed by atoms with Crippen LogP contribution in [0.3, 0.4) is 0 Å². The van der Waals surface area contributed by atoms with E-state index in [0.717, 1.165) is 4.47 Å². The first-order valence-corrected chi connectivity index (χ1v) is 12.5. The molecular formula is C25H31BrClN3O5. The number of Topliss-reactive ketones (excluding diaryl/α,β-unsaturated/α-hetero) is 1. The van der Waals surface area contributed by atoms with E-state index in [1.54, 1.807) is 45.0 Å². The number of carbonyl (C=O) groups is 4. The number of carbonyl (C=O) groups excluding carboxylic acids is 4. The molecule has 1 aromatic heterocycles. The number of rotatable bonds is 9. The van der Waals surface area contributed by atoms with Crippen LogP contribution in [0.4, 0.5) is 5.69 Å². The van der Waals surface area contributed by atoms with Gasteiger partial charge in [-0.3, -0.25) is 19.3 Å². The number of benzene rings is 1. The molecule has 0 bridgehead atoms. The summed E-state index contributed by atoms with van der Waals surface area (Å²) >= 11 is 9.27. The first kappa shape index (κ1) is 28.6. The molecular weight excluding hydrogens is 538 g/mol. The lowest BCUT2D eigenvalue weighted by atomic mass is 9.97. The predicted molar refractivity (Wildman–Crippen MR) is 139 cm³/mol. The van der Waals surface area contributed by atoms with E-state index in [1.807, 2.05) is 20.8 Å². The van der Waals surface area contributed by atoms with Crippen LogP contribution in [-0.2, 0) is 14.3 Å². The minimum Gasteiger partial charge on any atom is -0.461 e. The monoisotopic (exact) mass is 567 g/mol. The van der Waals surface area contributed by atoms with Crippen LogP contribution in [0.1, 0.15) is 66.2 Å². The van der Waals surface area contributed by atoms with Crippen molar-refractivity contribution in [3.05, 3.63) is 51.3 Å². The summed E-state index contributed by atoms with van der Waals surface area (Å²) in [7, 11) is 0. The second kappa shape index (κ2) is 11.9. The highest BCUT2D eigenvalue weighted by Crippen LogP contribution is 2.26. The summed E-state index contributed by atoms with van der Waals surface area (Å²) in [4.78, 5) is 56.3. The Bertz CT molecular complexity index is 1110. The lowest BCUT2D eigenvalue weighted by molar-refractivity contribution is -0.126. The van der Waals surface area contributed by atoms with Gasteiger partial charge < -0.3 is 15.0 Å². The molecule has 2 rings (SSSR count). The first-order valence-electron chi connectivity index (χ1n) is 11.2. The van der Waals surface area contributed by atoms with Crippen molar-refractivity contribution in [3.63, 3.8) is 0 Å². The molecule has 8 nitrogen and oxygen atoms in total. The zero-order chi connectivity index (χ0) is 26.5. The standard InChI is InChI=1S/C25H31BrClN3O5/c1-7-35-24(34)22-14(2)21(15(3)28-22)19(31)12-18(23(33)29-25(4,5)6)30(20(32)13-27)17-10-8-16(26)9-11-17/h8-11,18,28H,7,12-13H2,1-6H3,(H,29,33). The number of hydrogen-bond donors (Lipinski definition) is 2. The van der Waals surface area contributed by atoms with E-state index < -0.39 is 35.1 Å². The van der Waals surface area contributed by atoms with Crippen LogP contribution in [0.5, 0.6) is 0 Å². The molecule has 190 valence electrons. The van der Waals surface area contributed by atoms with Gasteiger partial charge in [0.1, 0.15) is 17.6 Å². The number of aryl methyl sites for hydroxylation is 1. The number of amides is 2. The van der Waals surface area contributed by atoms with Gasteiger partial charge in [-0.25, -0.2) is 4.79 Å². The van der Waals surface area contributed by atoms with Crippen molar-refractivity contribution in [1.82, 2.24) is 10.3 Å². The fourth-order valence-electron chi connectivity index (χ4n) is 3.77. The molecule has 0 aliphatic heterocycles. The highest BCUT2D eigenvalue weighted by molar-refractivity contribution is 9.10. The number of alkyl halides is 1. The van der Waals surface area contributed by atoms with E-state index in [9.17, 15) is 19.2 Å². The number of esters is 1. The lowest BCUT2D eigenvalue weighted by Gasteiger charge is -2.33. The van der Waals surface area contributed by atoms with E-state index >= 15 is 0 Å². The van der Waals surface area contributed by atoms with E-state index in [2.05, 4.69) is 26.2 Å². The van der Waals surface area contributed by atoms with Crippen molar-refractivity contribution in [2.24, 2.45) is 0 Å². The number of hydrogen-bond acceptors (Lipinski definition) is 5. The van der Waals surface area contributed by atoms with Gasteiger partial charge in [-0.05, 0) is 71.4 Å². The average molecular weight is 569 g/mol. The number of halogens is 2. The highest BCUT2D eigenvalue weighted by atomic mass is 79.9. The summed E-state index contributed by atoms with van der Waals surface area (Å²) in [5.74, 6) is -2.36. The summed E-state index contributed by atoms with van der Waals surface area (Å²) in [5.41, 5.74) is 1.20. The molecule has 0 aliphatic rings. The SMILES string of the molecule is CCOC(=O)c1[nH]c(C)c(C(=O)CC(C(=O)NC(C)(C)C)N(C(=O)CCl)c2ccc(Br)cc2)c1C. The average Bonchev–Trinajstić information content (AvgIpc) is 3.07. The second-order valence-corrected chi connectivity index (χ2v) is 10.3. The third-order valence-corrected chi connectivity index (χ3v) is 5.93. The summed E-state index contributed by atoms with van der Waals surface area (Å²) in [6, 6.07) is 5.63. The Labute approximate surface area is 218 Å². The zero-order valence-corrected chi connectivity index (χ0v) is 23.1. The summed E-state index contributed by atoms with van der Waals surface area (Å²) in [6.07, 6.45) is -0.317. The Morgan fingerprint density at radius 2 is 1.74 bits per heavy atom. The highest BCUT2D eigenvalue weighted by Gasteiger charge is 2.36. The van der Waals surface area contributed by atoms with Crippen LogP contribution in [-0.4, -0.2) is 52.6 Å². The number of ether oxygens (including phenoxy) is 1. The minimum absolute atomic E-state index is 0.185. The Morgan fingerprint density at radius 3 is 2.26 bits per heavy atom. The van der Waals surface area contributed by atoms with Gasteiger partial charge in [0.25, 0.3) is 0 Å². The molecule has 0 saturated carbocycles. The molecule has 0 radical (unpaired) electrons. The summed E-state index contributed by atoms with van der Waals surface area (Å²) in [6.45, 7) is 10.6. The number of nitrogens with one attached hydrogen (secondary N) is 2. The Morgan fingerprint density at radius 1 is 1.14 bits per heavy atom. The topological polar surface area (TPSA) is 109 Å². The fraction of sp³-hybridized carbons (Fsp3) is 0.440. The number of aromatic nitrogens is 1. The number of H-pyrrole nitrogens is 1. The van der Waals surface area contributed by atoms with Crippen LogP contribution in [0.2, 0.25) is 0 Å². The quantitative estimate of drug-likeness (QED) is 0.259. The van der Waals surface area contributed by atoms with Gasteiger partial charge in [0.2, 0.25) is 11.8 Å². The van der Waals surface area contributed by atoms with Crippen molar-refractivity contribution < 1.29 is 23.9 Å². The van der Waals surface area contributed by atoms with Crippen molar-refractivity contribution >= 4 is 56.8 Å². The van der Waals surface area contributed by atoms with Crippen LogP contribution in [0, 0.1) is 13.8 Å². The molecule has 1 atom stereocenters. The minimum atomic E-state index is -1.17. The van der Waals surface area contributed by atoms with Crippen molar-refractivity contribution in [2.75, 3.05) is 17.4 Å². The Balaban J connectivity index is 2.55. The van der Waals surface area contributed by atoms with Crippen LogP contribution < -0.4 is 10.2 Å². The molecule has 0 saturated heterocycles. The van der Waals surface area contributed by atoms with Crippen LogP contribution in [0.25, 0.3) is 0 Å². The second-order valence-electron chi connectivity index (χ2n) is 9.10. The van der Waals surface area contributed by atoms with Gasteiger partial charge in [-0.1, -0.05) is 15.9 Å². The molecule has 1 unspecified atom stereocenters. The van der Waals surface area contributed by atoms with Crippen molar-refractivity contribution in [2.45, 2.75) is 59.5 Å². The molecule has 35 heavy (non-hydrogen) atoms. The van der Waals surface area contributed by atoms with E-state index in [-0.39, 0.29) is 30.2 Å². The van der Waals surface area contributed by atoms with Crippen molar-refractivity contribution in [1.29, 1.82) is 0 Å². The Hall–Kier alpha value is -2.65. The third-order valence-electron chi connectivity index (χ3n) is 5.17. The maximum Gasteiger partial charge on any atom is 0.355 e. The molecule has 2 amide bonds. The zero-order valence-electron chi connectivity index (χ0n) is 20.8. The molecule has 1 heterocycles. The first-order chi connectivity index (χ1) is 16.3. The molecule has 2 aromatic rings. The molecule has 10 heteroatoms. The maximum absolute atomic E-state index is 13.5. The summed E-state index contributed by atoms with van der Waals surface area (Å²) in [5, 5.41) is 2.87. The van der Waals surface area contributed by atoms with Crippen LogP contribution in [0.15, 0.2) is 28.7 Å². The fourth-order valence-corrected chi connectivity index (χ4v) is 4.16. The smallest absolute Gasteiger partial charge is 0.355 e. The van der Waals surface area contributed by atoms with Gasteiger partial charge in [-0.15, -0.1) is 11.6 Å². The van der Waals surface area contributed by atoms with E-state index in [0.29, 0.717) is 16.9 Å². The molecule has 0 spiro atoms. The number of ketones is 1. The lowest BCUT2D eigenvalue weighted by Crippen LogP contribution is -2.55. The maximum atomic E-state index is 13.5. The molecule has 0 fully saturated rings. The van der Waals surface area contributed by atoms with Gasteiger partial charge >= 0.3 is 5.97 Å². The Kier molecular flexibility index (Phi) is 9.68. The summed E-state index contributed by atoms with van der Waals surface area (Å²) < 4.78 is 5.85. The van der Waals surface area contributed by atoms with Gasteiger partial charge in [0.05, 0.1) is 6.61 Å².